The number of nitrogens with two attached hydrogens (primary N) is 1. The maximum atomic E-state index is 11.4. The molecule has 4 N–H and O–H groups in total. The Hall–Kier alpha value is -1.14. The number of primary amides is 1. The molecule has 0 radical (unpaired) electrons. The van der Waals surface area contributed by atoms with Gasteiger partial charge in [0.15, 0.2) is 0 Å². The third kappa shape index (κ3) is 3.71. The summed E-state index contributed by atoms with van der Waals surface area (Å²) in [5.74, 6) is -0.619. The van der Waals surface area contributed by atoms with E-state index < -0.39 is 12.0 Å². The van der Waals surface area contributed by atoms with Crippen LogP contribution in [0.4, 0.5) is 0 Å². The number of hydrogen-bond acceptors (Lipinski definition) is 4. The van der Waals surface area contributed by atoms with Gasteiger partial charge in [-0.05, 0) is 0 Å². The first-order valence-corrected chi connectivity index (χ1v) is 4.58. The SMILES string of the molecule is NC(=O)CCNC(=O)C1CNCCO1. The summed E-state index contributed by atoms with van der Waals surface area (Å²) in [7, 11) is 0. The van der Waals surface area contributed by atoms with Crippen LogP contribution >= 0.6 is 0 Å². The molecule has 80 valence electrons. The smallest absolute Gasteiger partial charge is 0.250 e. The van der Waals surface area contributed by atoms with Gasteiger partial charge in [0.05, 0.1) is 6.61 Å². The zero-order valence-electron chi connectivity index (χ0n) is 7.91. The van der Waals surface area contributed by atoms with E-state index in [9.17, 15) is 9.59 Å². The average Bonchev–Trinajstić information content (AvgIpc) is 2.18. The van der Waals surface area contributed by atoms with Crippen LogP contribution in [0.15, 0.2) is 0 Å². The van der Waals surface area contributed by atoms with Crippen molar-refractivity contribution in [2.24, 2.45) is 5.73 Å². The number of rotatable bonds is 4. The van der Waals surface area contributed by atoms with E-state index in [0.717, 1.165) is 6.54 Å². The molecule has 14 heavy (non-hydrogen) atoms. The predicted octanol–water partition coefficient (Wildman–Crippen LogP) is -2.03. The first-order chi connectivity index (χ1) is 6.70. The molecule has 0 aliphatic carbocycles. The van der Waals surface area contributed by atoms with Crippen LogP contribution in [0.3, 0.4) is 0 Å². The van der Waals surface area contributed by atoms with Crippen LogP contribution in [0.1, 0.15) is 6.42 Å². The summed E-state index contributed by atoms with van der Waals surface area (Å²) in [6, 6.07) is 0. The lowest BCUT2D eigenvalue weighted by Gasteiger charge is -2.22. The highest BCUT2D eigenvalue weighted by molar-refractivity contribution is 5.82. The third-order valence-corrected chi connectivity index (χ3v) is 1.89. The normalized spacial score (nSPS) is 21.6. The van der Waals surface area contributed by atoms with Gasteiger partial charge in [-0.1, -0.05) is 0 Å². The maximum Gasteiger partial charge on any atom is 0.250 e. The number of carbonyl (C=O) groups is 2. The molecule has 1 unspecified atom stereocenters. The standard InChI is InChI=1S/C8H15N3O3/c9-7(12)1-2-11-8(13)6-5-10-3-4-14-6/h6,10H,1-5H2,(H2,9,12)(H,11,13). The van der Waals surface area contributed by atoms with Crippen molar-refractivity contribution in [1.29, 1.82) is 0 Å². The zero-order chi connectivity index (χ0) is 10.4. The van der Waals surface area contributed by atoms with Crippen molar-refractivity contribution in [1.82, 2.24) is 10.6 Å². The van der Waals surface area contributed by atoms with Gasteiger partial charge in [0.1, 0.15) is 6.10 Å². The highest BCUT2D eigenvalue weighted by Crippen LogP contribution is 1.95. The lowest BCUT2D eigenvalue weighted by atomic mass is 10.3. The van der Waals surface area contributed by atoms with Crippen molar-refractivity contribution in [3.05, 3.63) is 0 Å². The van der Waals surface area contributed by atoms with Crippen LogP contribution in [0, 0.1) is 0 Å². The van der Waals surface area contributed by atoms with Gasteiger partial charge in [0.2, 0.25) is 11.8 Å². The van der Waals surface area contributed by atoms with Gasteiger partial charge in [-0.2, -0.15) is 0 Å². The van der Waals surface area contributed by atoms with Crippen LogP contribution in [0.5, 0.6) is 0 Å². The van der Waals surface area contributed by atoms with E-state index in [2.05, 4.69) is 10.6 Å². The second kappa shape index (κ2) is 5.56. The van der Waals surface area contributed by atoms with Gasteiger partial charge in [-0.3, -0.25) is 9.59 Å². The number of amides is 2. The van der Waals surface area contributed by atoms with E-state index in [-0.39, 0.29) is 18.9 Å². The van der Waals surface area contributed by atoms with Gasteiger partial charge in [-0.25, -0.2) is 0 Å². The minimum atomic E-state index is -0.448. The maximum absolute atomic E-state index is 11.4. The molecule has 6 nitrogen and oxygen atoms in total. The molecule has 2 amide bonds. The monoisotopic (exact) mass is 201 g/mol. The van der Waals surface area contributed by atoms with Crippen LogP contribution in [0.2, 0.25) is 0 Å². The van der Waals surface area contributed by atoms with Crippen molar-refractivity contribution < 1.29 is 14.3 Å². The molecule has 1 fully saturated rings. The topological polar surface area (TPSA) is 93.5 Å². The molecule has 0 bridgehead atoms. The molecule has 0 saturated carbocycles. The lowest BCUT2D eigenvalue weighted by molar-refractivity contribution is -0.134. The molecule has 1 atom stereocenters. The van der Waals surface area contributed by atoms with Gasteiger partial charge in [0, 0.05) is 26.1 Å². The first-order valence-electron chi connectivity index (χ1n) is 4.58. The summed E-state index contributed by atoms with van der Waals surface area (Å²) in [5.41, 5.74) is 4.92. The second-order valence-electron chi connectivity index (χ2n) is 3.07. The van der Waals surface area contributed by atoms with Crippen LogP contribution in [-0.4, -0.2) is 44.2 Å². The fourth-order valence-electron chi connectivity index (χ4n) is 1.16. The number of morpholine rings is 1. The first kappa shape index (κ1) is 10.9. The fraction of sp³-hybridized carbons (Fsp3) is 0.750. The Kier molecular flexibility index (Phi) is 4.34. The summed E-state index contributed by atoms with van der Waals surface area (Å²) in [6.45, 7) is 2.09. The Morgan fingerprint density at radius 2 is 2.36 bits per heavy atom. The Labute approximate surface area is 82.2 Å². The van der Waals surface area contributed by atoms with E-state index >= 15 is 0 Å². The van der Waals surface area contributed by atoms with Gasteiger partial charge < -0.3 is 21.1 Å². The second-order valence-corrected chi connectivity index (χ2v) is 3.07. The minimum absolute atomic E-state index is 0.159. The summed E-state index contributed by atoms with van der Waals surface area (Å²) < 4.78 is 5.21. The summed E-state index contributed by atoms with van der Waals surface area (Å²) in [5, 5.41) is 5.62. The molecule has 0 aromatic carbocycles. The van der Waals surface area contributed by atoms with Crippen molar-refractivity contribution in [2.45, 2.75) is 12.5 Å². The number of ether oxygens (including phenoxy) is 1. The molecule has 1 rings (SSSR count). The van der Waals surface area contributed by atoms with E-state index in [1.807, 2.05) is 0 Å². The lowest BCUT2D eigenvalue weighted by Crippen LogP contribution is -2.48. The summed E-state index contributed by atoms with van der Waals surface area (Å²) in [6.07, 6.45) is -0.289. The molecule has 0 aromatic rings. The zero-order valence-corrected chi connectivity index (χ0v) is 7.91. The van der Waals surface area contributed by atoms with E-state index in [0.29, 0.717) is 13.2 Å². The van der Waals surface area contributed by atoms with E-state index in [1.165, 1.54) is 0 Å². The molecule has 1 heterocycles. The van der Waals surface area contributed by atoms with E-state index in [4.69, 9.17) is 10.5 Å². The molecule has 1 aliphatic rings. The Morgan fingerprint density at radius 3 is 2.93 bits per heavy atom. The molecular weight excluding hydrogens is 186 g/mol. The predicted molar refractivity (Wildman–Crippen MR) is 49.4 cm³/mol. The van der Waals surface area contributed by atoms with Gasteiger partial charge in [-0.15, -0.1) is 0 Å². The highest BCUT2D eigenvalue weighted by atomic mass is 16.5. The molecule has 0 spiro atoms. The van der Waals surface area contributed by atoms with Gasteiger partial charge >= 0.3 is 0 Å². The van der Waals surface area contributed by atoms with Crippen LogP contribution in [-0.2, 0) is 14.3 Å². The molecule has 6 heteroatoms. The van der Waals surface area contributed by atoms with Crippen LogP contribution < -0.4 is 16.4 Å². The number of hydrogen-bond donors (Lipinski definition) is 3. The Balaban J connectivity index is 2.16. The van der Waals surface area contributed by atoms with Crippen molar-refractivity contribution >= 4 is 11.8 Å². The quantitative estimate of drug-likeness (QED) is 0.489. The number of carbonyl (C=O) groups excluding carboxylic acids is 2. The molecule has 1 aliphatic heterocycles. The minimum Gasteiger partial charge on any atom is -0.370 e. The average molecular weight is 201 g/mol. The largest absolute Gasteiger partial charge is 0.370 e. The third-order valence-electron chi connectivity index (χ3n) is 1.89. The molecule has 1 saturated heterocycles. The summed E-state index contributed by atoms with van der Waals surface area (Å²) >= 11 is 0. The van der Waals surface area contributed by atoms with Gasteiger partial charge in [0.25, 0.3) is 0 Å². The van der Waals surface area contributed by atoms with Crippen molar-refractivity contribution in [3.63, 3.8) is 0 Å². The van der Waals surface area contributed by atoms with Crippen LogP contribution in [0.25, 0.3) is 0 Å². The van der Waals surface area contributed by atoms with E-state index in [1.54, 1.807) is 0 Å². The fourth-order valence-corrected chi connectivity index (χ4v) is 1.16. The molecule has 0 aromatic heterocycles. The highest BCUT2D eigenvalue weighted by Gasteiger charge is 2.20. The summed E-state index contributed by atoms with van der Waals surface area (Å²) in [4.78, 5) is 21.7. The van der Waals surface area contributed by atoms with Crippen molar-refractivity contribution in [3.8, 4) is 0 Å². The van der Waals surface area contributed by atoms with Crippen molar-refractivity contribution in [2.75, 3.05) is 26.2 Å². The molecular formula is C8H15N3O3. The number of nitrogens with one attached hydrogen (secondary N) is 2. The Morgan fingerprint density at radius 1 is 1.57 bits per heavy atom. The Bertz CT molecular complexity index is 214.